The van der Waals surface area contributed by atoms with Crippen molar-refractivity contribution in [3.63, 3.8) is 0 Å². The van der Waals surface area contributed by atoms with Crippen LogP contribution in [0.3, 0.4) is 0 Å². The number of rotatable bonds is 3. The fraction of sp³-hybridized carbons (Fsp3) is 0.346. The van der Waals surface area contributed by atoms with Crippen LogP contribution in [0.2, 0.25) is 0 Å². The number of nitrogens with zero attached hydrogens (tertiary/aromatic N) is 2. The molecule has 6 rings (SSSR count). The Morgan fingerprint density at radius 1 is 1.21 bits per heavy atom. The summed E-state index contributed by atoms with van der Waals surface area (Å²) in [7, 11) is 0. The number of aliphatic hydroxyl groups is 1. The highest BCUT2D eigenvalue weighted by Gasteiger charge is 2.45. The second kappa shape index (κ2) is 8.05. The van der Waals surface area contributed by atoms with Gasteiger partial charge in [-0.15, -0.1) is 12.4 Å². The van der Waals surface area contributed by atoms with Gasteiger partial charge in [-0.05, 0) is 54.5 Å². The van der Waals surface area contributed by atoms with Gasteiger partial charge in [0.25, 0.3) is 5.56 Å². The van der Waals surface area contributed by atoms with Crippen LogP contribution in [0, 0.1) is 0 Å². The van der Waals surface area contributed by atoms with Gasteiger partial charge in [-0.3, -0.25) is 4.79 Å². The van der Waals surface area contributed by atoms with Crippen LogP contribution in [0.1, 0.15) is 53.1 Å². The van der Waals surface area contributed by atoms with E-state index in [0.29, 0.717) is 29.9 Å². The number of hydrogen-bond donors (Lipinski definition) is 2. The molecule has 2 aliphatic heterocycles. The van der Waals surface area contributed by atoms with E-state index in [2.05, 4.69) is 12.1 Å². The Morgan fingerprint density at radius 3 is 2.76 bits per heavy atom. The fourth-order valence-electron chi connectivity index (χ4n) is 5.69. The lowest BCUT2D eigenvalue weighted by Crippen LogP contribution is -2.44. The van der Waals surface area contributed by atoms with Gasteiger partial charge in [0.2, 0.25) is 0 Å². The Morgan fingerprint density at radius 2 is 2.00 bits per heavy atom. The number of esters is 1. The molecule has 7 nitrogen and oxygen atoms in total. The van der Waals surface area contributed by atoms with E-state index in [1.54, 1.807) is 17.6 Å². The monoisotopic (exact) mass is 479 g/mol. The second-order valence-electron chi connectivity index (χ2n) is 9.04. The van der Waals surface area contributed by atoms with Crippen LogP contribution >= 0.6 is 12.4 Å². The third-order valence-corrected chi connectivity index (χ3v) is 7.40. The highest BCUT2D eigenvalue weighted by Crippen LogP contribution is 2.42. The summed E-state index contributed by atoms with van der Waals surface area (Å²) < 4.78 is 6.89. The molecule has 0 fully saturated rings. The van der Waals surface area contributed by atoms with Gasteiger partial charge in [0, 0.05) is 23.1 Å². The molecular formula is C26H26ClN3O4. The van der Waals surface area contributed by atoms with Crippen LogP contribution in [0.15, 0.2) is 29.1 Å². The lowest BCUT2D eigenvalue weighted by atomic mass is 9.84. The zero-order valence-electron chi connectivity index (χ0n) is 18.9. The molecule has 34 heavy (non-hydrogen) atoms. The topological polar surface area (TPSA) is 107 Å². The molecule has 0 bridgehead atoms. The minimum atomic E-state index is -1.81. The van der Waals surface area contributed by atoms with Crippen LogP contribution in [-0.2, 0) is 41.1 Å². The summed E-state index contributed by atoms with van der Waals surface area (Å²) in [5.74, 6) is -0.704. The molecule has 0 amide bonds. The molecule has 0 saturated carbocycles. The lowest BCUT2D eigenvalue weighted by Gasteiger charge is -2.31. The van der Waals surface area contributed by atoms with Crippen LogP contribution in [-0.4, -0.2) is 27.2 Å². The van der Waals surface area contributed by atoms with E-state index >= 15 is 0 Å². The molecule has 4 heterocycles. The molecule has 0 spiro atoms. The summed E-state index contributed by atoms with van der Waals surface area (Å²) in [5, 5.41) is 12.3. The molecule has 3 N–H and O–H groups in total. The van der Waals surface area contributed by atoms with Crippen LogP contribution in [0.5, 0.6) is 0 Å². The number of aryl methyl sites for hydroxylation is 2. The molecule has 0 saturated heterocycles. The smallest absolute Gasteiger partial charge is 0.343 e. The van der Waals surface area contributed by atoms with Crippen molar-refractivity contribution in [2.24, 2.45) is 5.73 Å². The van der Waals surface area contributed by atoms with E-state index in [0.717, 1.165) is 36.0 Å². The van der Waals surface area contributed by atoms with Crippen molar-refractivity contribution in [1.82, 2.24) is 9.55 Å². The Kier molecular flexibility index (Phi) is 5.39. The highest BCUT2D eigenvalue weighted by atomic mass is 35.5. The molecule has 1 aromatic carbocycles. The molecule has 0 radical (unpaired) electrons. The van der Waals surface area contributed by atoms with Crippen LogP contribution in [0.4, 0.5) is 0 Å². The van der Waals surface area contributed by atoms with Crippen molar-refractivity contribution in [1.29, 1.82) is 0 Å². The van der Waals surface area contributed by atoms with Gasteiger partial charge in [-0.2, -0.15) is 0 Å². The van der Waals surface area contributed by atoms with Crippen LogP contribution < -0.4 is 11.3 Å². The van der Waals surface area contributed by atoms with Gasteiger partial charge in [0.15, 0.2) is 5.60 Å². The highest BCUT2D eigenvalue weighted by molar-refractivity contribution is 5.94. The summed E-state index contributed by atoms with van der Waals surface area (Å²) >= 11 is 0. The van der Waals surface area contributed by atoms with Gasteiger partial charge < -0.3 is 20.1 Å². The molecule has 8 heteroatoms. The number of aromatic nitrogens is 2. The summed E-state index contributed by atoms with van der Waals surface area (Å²) in [4.78, 5) is 30.8. The van der Waals surface area contributed by atoms with E-state index in [1.165, 1.54) is 22.1 Å². The number of hydrogen-bond acceptors (Lipinski definition) is 6. The third-order valence-electron chi connectivity index (χ3n) is 7.40. The van der Waals surface area contributed by atoms with E-state index in [-0.39, 0.29) is 31.0 Å². The Labute approximate surface area is 202 Å². The third kappa shape index (κ3) is 2.94. The largest absolute Gasteiger partial charge is 0.458 e. The maximum atomic E-state index is 13.4. The average Bonchev–Trinajstić information content (AvgIpc) is 3.21. The van der Waals surface area contributed by atoms with Gasteiger partial charge in [0.05, 0.1) is 29.0 Å². The van der Waals surface area contributed by atoms with E-state index in [4.69, 9.17) is 15.5 Å². The Balaban J connectivity index is 0.00000241. The molecule has 1 unspecified atom stereocenters. The number of carbonyl (C=O) groups is 1. The van der Waals surface area contributed by atoms with E-state index < -0.39 is 11.6 Å². The van der Waals surface area contributed by atoms with Crippen molar-refractivity contribution in [3.05, 3.63) is 68.0 Å². The predicted molar refractivity (Wildman–Crippen MR) is 132 cm³/mol. The van der Waals surface area contributed by atoms with Gasteiger partial charge in [-0.1, -0.05) is 25.1 Å². The fourth-order valence-corrected chi connectivity index (χ4v) is 5.69. The standard InChI is InChI=1S/C26H25N3O4.ClH/c1-2-26(32)19-11-21-23-17(12-29(21)24(30)18(19)13-33-25(26)31)16-7-3-6-15-14(5-4-10-27)8-9-20(28-23)22(15)16;/h4-5,8-9,11,32H,2-3,6-7,10,12-13,27H2,1H3;1H/b5-4+;. The minimum Gasteiger partial charge on any atom is -0.458 e. The normalized spacial score (nSPS) is 20.0. The summed E-state index contributed by atoms with van der Waals surface area (Å²) in [6.07, 6.45) is 7.12. The number of benzene rings is 1. The van der Waals surface area contributed by atoms with Crippen molar-refractivity contribution >= 4 is 35.4 Å². The van der Waals surface area contributed by atoms with Crippen LogP contribution in [0.25, 0.3) is 28.4 Å². The lowest BCUT2D eigenvalue weighted by molar-refractivity contribution is -0.172. The van der Waals surface area contributed by atoms with Gasteiger partial charge in [-0.25, -0.2) is 9.78 Å². The molecule has 2 aromatic heterocycles. The molecule has 3 aromatic rings. The molecule has 176 valence electrons. The number of nitrogens with two attached hydrogens (primary N) is 1. The molecule has 1 atom stereocenters. The number of carbonyl (C=O) groups excluding carboxylic acids is 1. The second-order valence-corrected chi connectivity index (χ2v) is 9.04. The van der Waals surface area contributed by atoms with Gasteiger partial charge in [0.1, 0.15) is 6.61 Å². The first-order valence-electron chi connectivity index (χ1n) is 11.5. The maximum Gasteiger partial charge on any atom is 0.343 e. The number of halogens is 1. The van der Waals surface area contributed by atoms with Gasteiger partial charge >= 0.3 is 5.97 Å². The maximum absolute atomic E-state index is 13.4. The quantitative estimate of drug-likeness (QED) is 0.437. The summed E-state index contributed by atoms with van der Waals surface area (Å²) in [5.41, 5.74) is 11.4. The predicted octanol–water partition coefficient (Wildman–Crippen LogP) is 2.96. The average molecular weight is 480 g/mol. The van der Waals surface area contributed by atoms with E-state index in [9.17, 15) is 14.7 Å². The van der Waals surface area contributed by atoms with Crippen molar-refractivity contribution in [2.45, 2.75) is 51.4 Å². The summed E-state index contributed by atoms with van der Waals surface area (Å²) in [6, 6.07) is 5.89. The van der Waals surface area contributed by atoms with E-state index in [1.807, 2.05) is 12.1 Å². The minimum absolute atomic E-state index is 0. The Hall–Kier alpha value is -3.00. The zero-order valence-corrected chi connectivity index (χ0v) is 19.7. The first-order chi connectivity index (χ1) is 16.0. The van der Waals surface area contributed by atoms with Crippen molar-refractivity contribution < 1.29 is 14.6 Å². The number of ether oxygens (including phenoxy) is 1. The van der Waals surface area contributed by atoms with Crippen molar-refractivity contribution in [3.8, 4) is 11.4 Å². The Bertz CT molecular complexity index is 1460. The number of cyclic esters (lactones) is 1. The molecule has 3 aliphatic rings. The number of pyridine rings is 2. The SMILES string of the molecule is CCC1(O)C(=O)OCc2c1cc1n(c2=O)Cc2c-1nc1ccc(/C=C/CN)c3c1c2CCC3.Cl. The molecule has 1 aliphatic carbocycles. The zero-order chi connectivity index (χ0) is 22.9. The number of fused-ring (bicyclic) bond motifs is 5. The summed E-state index contributed by atoms with van der Waals surface area (Å²) in [6.45, 7) is 2.53. The first kappa shape index (κ1) is 22.8. The molecular weight excluding hydrogens is 454 g/mol. The van der Waals surface area contributed by atoms with Crippen molar-refractivity contribution in [2.75, 3.05) is 6.54 Å². The first-order valence-corrected chi connectivity index (χ1v) is 11.5.